The Bertz CT molecular complexity index is 372. The number of hydrogen-bond acceptors (Lipinski definition) is 3. The van der Waals surface area contributed by atoms with Gasteiger partial charge in [0.25, 0.3) is 0 Å². The van der Waals surface area contributed by atoms with E-state index in [9.17, 15) is 4.79 Å². The molecule has 0 atom stereocenters. The number of benzene rings is 1. The lowest BCUT2D eigenvalue weighted by Crippen LogP contribution is -2.10. The Kier molecular flexibility index (Phi) is 5.53. The van der Waals surface area contributed by atoms with Crippen LogP contribution in [0, 0.1) is 6.92 Å². The average Bonchev–Trinajstić information content (AvgIpc) is 2.29. The van der Waals surface area contributed by atoms with Crippen LogP contribution in [-0.4, -0.2) is 19.7 Å². The average molecular weight is 236 g/mol. The Morgan fingerprint density at radius 3 is 2.76 bits per heavy atom. The van der Waals surface area contributed by atoms with E-state index >= 15 is 0 Å². The van der Waals surface area contributed by atoms with E-state index in [-0.39, 0.29) is 12.4 Å². The van der Waals surface area contributed by atoms with Crippen LogP contribution in [0.15, 0.2) is 18.2 Å². The molecule has 0 saturated heterocycles. The number of unbranched alkanes of at least 4 members (excludes halogenated alkanes) is 1. The van der Waals surface area contributed by atoms with Gasteiger partial charge in [-0.05, 0) is 19.4 Å². The van der Waals surface area contributed by atoms with Gasteiger partial charge in [-0.1, -0.05) is 31.0 Å². The highest BCUT2D eigenvalue weighted by Gasteiger charge is 2.09. The van der Waals surface area contributed by atoms with Crippen LogP contribution in [0.2, 0.25) is 0 Å². The van der Waals surface area contributed by atoms with E-state index in [0.717, 1.165) is 29.7 Å². The van der Waals surface area contributed by atoms with E-state index in [0.29, 0.717) is 6.61 Å². The minimum atomic E-state index is -0.192. The SMILES string of the molecule is CCCCOC(=O)Cc1cc(C)ccc1OC. The predicted octanol–water partition coefficient (Wildman–Crippen LogP) is 2.89. The summed E-state index contributed by atoms with van der Waals surface area (Å²) in [6.07, 6.45) is 2.21. The number of carbonyl (C=O) groups excluding carboxylic acids is 1. The lowest BCUT2D eigenvalue weighted by molar-refractivity contribution is -0.142. The number of esters is 1. The fraction of sp³-hybridized carbons (Fsp3) is 0.500. The van der Waals surface area contributed by atoms with E-state index in [1.807, 2.05) is 25.1 Å². The topological polar surface area (TPSA) is 35.5 Å². The first kappa shape index (κ1) is 13.6. The zero-order valence-corrected chi connectivity index (χ0v) is 10.8. The Hall–Kier alpha value is -1.51. The second-order valence-corrected chi connectivity index (χ2v) is 4.07. The molecule has 3 heteroatoms. The molecule has 0 fully saturated rings. The number of aryl methyl sites for hydroxylation is 1. The summed E-state index contributed by atoms with van der Waals surface area (Å²) in [5.74, 6) is 0.547. The molecule has 0 heterocycles. The number of methoxy groups -OCH3 is 1. The quantitative estimate of drug-likeness (QED) is 0.563. The molecule has 17 heavy (non-hydrogen) atoms. The number of carbonyl (C=O) groups is 1. The van der Waals surface area contributed by atoms with Crippen molar-refractivity contribution >= 4 is 5.97 Å². The second-order valence-electron chi connectivity index (χ2n) is 4.07. The van der Waals surface area contributed by atoms with Crippen molar-refractivity contribution in [1.82, 2.24) is 0 Å². The summed E-state index contributed by atoms with van der Waals surface area (Å²) < 4.78 is 10.4. The molecule has 0 aromatic heterocycles. The molecule has 1 rings (SSSR count). The standard InChI is InChI=1S/C14H20O3/c1-4-5-8-17-14(15)10-12-9-11(2)6-7-13(12)16-3/h6-7,9H,4-5,8,10H2,1-3H3. The molecule has 0 spiro atoms. The first-order chi connectivity index (χ1) is 8.17. The van der Waals surface area contributed by atoms with Gasteiger partial charge in [-0.2, -0.15) is 0 Å². The van der Waals surface area contributed by atoms with Crippen molar-refractivity contribution < 1.29 is 14.3 Å². The van der Waals surface area contributed by atoms with Crippen LogP contribution in [0.3, 0.4) is 0 Å². The Labute approximate surface area is 103 Å². The highest BCUT2D eigenvalue weighted by molar-refractivity contribution is 5.73. The lowest BCUT2D eigenvalue weighted by Gasteiger charge is -2.09. The molecule has 0 aliphatic carbocycles. The van der Waals surface area contributed by atoms with Crippen molar-refractivity contribution in [1.29, 1.82) is 0 Å². The van der Waals surface area contributed by atoms with Gasteiger partial charge in [-0.25, -0.2) is 0 Å². The molecule has 0 amide bonds. The Morgan fingerprint density at radius 2 is 2.12 bits per heavy atom. The van der Waals surface area contributed by atoms with Gasteiger partial charge < -0.3 is 9.47 Å². The van der Waals surface area contributed by atoms with Crippen molar-refractivity contribution in [3.8, 4) is 5.75 Å². The van der Waals surface area contributed by atoms with Crippen molar-refractivity contribution in [3.05, 3.63) is 29.3 Å². The molecule has 0 radical (unpaired) electrons. The molecule has 0 N–H and O–H groups in total. The summed E-state index contributed by atoms with van der Waals surface area (Å²) in [7, 11) is 1.61. The second kappa shape index (κ2) is 6.94. The van der Waals surface area contributed by atoms with Crippen molar-refractivity contribution in [2.75, 3.05) is 13.7 Å². The highest BCUT2D eigenvalue weighted by atomic mass is 16.5. The van der Waals surface area contributed by atoms with Crippen LogP contribution in [0.5, 0.6) is 5.75 Å². The zero-order chi connectivity index (χ0) is 12.7. The smallest absolute Gasteiger partial charge is 0.310 e. The number of rotatable bonds is 6. The van der Waals surface area contributed by atoms with Crippen molar-refractivity contribution in [2.45, 2.75) is 33.1 Å². The molecule has 1 aromatic carbocycles. The normalized spacial score (nSPS) is 10.1. The molecule has 94 valence electrons. The highest BCUT2D eigenvalue weighted by Crippen LogP contribution is 2.20. The third-order valence-electron chi connectivity index (χ3n) is 2.53. The first-order valence-electron chi connectivity index (χ1n) is 5.96. The van der Waals surface area contributed by atoms with Crippen LogP contribution < -0.4 is 4.74 Å². The van der Waals surface area contributed by atoms with Crippen LogP contribution in [0.25, 0.3) is 0 Å². The molecule has 1 aromatic rings. The van der Waals surface area contributed by atoms with Gasteiger partial charge in [-0.3, -0.25) is 4.79 Å². The minimum absolute atomic E-state index is 0.192. The fourth-order valence-corrected chi connectivity index (χ4v) is 1.58. The zero-order valence-electron chi connectivity index (χ0n) is 10.8. The molecule has 0 saturated carbocycles. The summed E-state index contributed by atoms with van der Waals surface area (Å²) in [6, 6.07) is 5.80. The van der Waals surface area contributed by atoms with Gasteiger partial charge in [0.2, 0.25) is 0 Å². The molecule has 3 nitrogen and oxygen atoms in total. The van der Waals surface area contributed by atoms with Gasteiger partial charge in [-0.15, -0.1) is 0 Å². The number of hydrogen-bond donors (Lipinski definition) is 0. The summed E-state index contributed by atoms with van der Waals surface area (Å²) in [4.78, 5) is 11.6. The lowest BCUT2D eigenvalue weighted by atomic mass is 10.1. The van der Waals surface area contributed by atoms with E-state index in [4.69, 9.17) is 9.47 Å². The monoisotopic (exact) mass is 236 g/mol. The van der Waals surface area contributed by atoms with Crippen LogP contribution in [-0.2, 0) is 16.0 Å². The van der Waals surface area contributed by atoms with E-state index in [1.165, 1.54) is 0 Å². The largest absolute Gasteiger partial charge is 0.496 e. The Morgan fingerprint density at radius 1 is 1.35 bits per heavy atom. The van der Waals surface area contributed by atoms with Gasteiger partial charge in [0, 0.05) is 5.56 Å². The predicted molar refractivity (Wildman–Crippen MR) is 67.3 cm³/mol. The first-order valence-corrected chi connectivity index (χ1v) is 5.96. The molecule has 0 aliphatic rings. The van der Waals surface area contributed by atoms with Crippen LogP contribution in [0.1, 0.15) is 30.9 Å². The molecule has 0 aliphatic heterocycles. The van der Waals surface area contributed by atoms with E-state index in [1.54, 1.807) is 7.11 Å². The summed E-state index contributed by atoms with van der Waals surface area (Å²) in [5, 5.41) is 0. The maximum absolute atomic E-state index is 11.6. The third kappa shape index (κ3) is 4.47. The van der Waals surface area contributed by atoms with Gasteiger partial charge in [0.05, 0.1) is 20.1 Å². The summed E-state index contributed by atoms with van der Waals surface area (Å²) in [6.45, 7) is 4.56. The fourth-order valence-electron chi connectivity index (χ4n) is 1.58. The van der Waals surface area contributed by atoms with Crippen molar-refractivity contribution in [2.24, 2.45) is 0 Å². The van der Waals surface area contributed by atoms with Gasteiger partial charge in [0.1, 0.15) is 5.75 Å². The minimum Gasteiger partial charge on any atom is -0.496 e. The van der Waals surface area contributed by atoms with Crippen LogP contribution in [0.4, 0.5) is 0 Å². The summed E-state index contributed by atoms with van der Waals surface area (Å²) >= 11 is 0. The van der Waals surface area contributed by atoms with E-state index < -0.39 is 0 Å². The van der Waals surface area contributed by atoms with Crippen molar-refractivity contribution in [3.63, 3.8) is 0 Å². The van der Waals surface area contributed by atoms with Crippen LogP contribution >= 0.6 is 0 Å². The maximum atomic E-state index is 11.6. The molecular weight excluding hydrogens is 216 g/mol. The van der Waals surface area contributed by atoms with Gasteiger partial charge in [0.15, 0.2) is 0 Å². The van der Waals surface area contributed by atoms with Gasteiger partial charge >= 0.3 is 5.97 Å². The van der Waals surface area contributed by atoms with E-state index in [2.05, 4.69) is 6.92 Å². The Balaban J connectivity index is 2.60. The maximum Gasteiger partial charge on any atom is 0.310 e. The molecule has 0 unspecified atom stereocenters. The number of ether oxygens (including phenoxy) is 2. The molecular formula is C14H20O3. The third-order valence-corrected chi connectivity index (χ3v) is 2.53. The molecule has 0 bridgehead atoms. The summed E-state index contributed by atoms with van der Waals surface area (Å²) in [5.41, 5.74) is 2.00.